The van der Waals surface area contributed by atoms with E-state index in [0.717, 1.165) is 18.8 Å². The smallest absolute Gasteiger partial charge is 0.119 e. The van der Waals surface area contributed by atoms with Crippen LogP contribution in [-0.2, 0) is 0 Å². The Bertz CT molecular complexity index is 225. The van der Waals surface area contributed by atoms with Crippen LogP contribution in [0.25, 0.3) is 0 Å². The van der Waals surface area contributed by atoms with Crippen LogP contribution in [0.2, 0.25) is 0 Å². The zero-order chi connectivity index (χ0) is 10.6. The number of para-hydroxylation sites is 1. The predicted octanol–water partition coefficient (Wildman–Crippen LogP) is 3.51. The molecule has 0 aliphatic heterocycles. The first-order valence-corrected chi connectivity index (χ1v) is 4.94. The molecule has 0 aromatic heterocycles. The lowest BCUT2D eigenvalue weighted by Crippen LogP contribution is -1.96. The maximum Gasteiger partial charge on any atom is 0.119 e. The number of ether oxygens (including phenoxy) is 1. The minimum absolute atomic E-state index is 0.845. The Balaban J connectivity index is 0.000000791. The van der Waals surface area contributed by atoms with E-state index in [-0.39, 0.29) is 0 Å². The zero-order valence-electron chi connectivity index (χ0n) is 8.78. The topological polar surface area (TPSA) is 9.23 Å². The molecule has 0 atom stereocenters. The highest BCUT2D eigenvalue weighted by molar-refractivity contribution is 5.20. The van der Waals surface area contributed by atoms with Gasteiger partial charge in [0.25, 0.3) is 0 Å². The molecule has 0 fully saturated rings. The lowest BCUT2D eigenvalue weighted by Gasteiger charge is -2.04. The number of rotatable bonds is 5. The van der Waals surface area contributed by atoms with Gasteiger partial charge in [0.05, 0.1) is 6.61 Å². The van der Waals surface area contributed by atoms with Crippen molar-refractivity contribution in [2.24, 2.45) is 0 Å². The summed E-state index contributed by atoms with van der Waals surface area (Å²) in [6, 6.07) is 9.97. The Hall–Kier alpha value is -1.42. The molecule has 0 bridgehead atoms. The molecule has 0 radical (unpaired) electrons. The monoisotopic (exact) mass is 190 g/mol. The molecule has 14 heavy (non-hydrogen) atoms. The fourth-order valence-electron chi connectivity index (χ4n) is 1.06. The van der Waals surface area contributed by atoms with E-state index < -0.39 is 0 Å². The van der Waals surface area contributed by atoms with E-state index >= 15 is 0 Å². The van der Waals surface area contributed by atoms with Gasteiger partial charge in [0.2, 0.25) is 0 Å². The molecule has 0 aliphatic carbocycles. The summed E-state index contributed by atoms with van der Waals surface area (Å²) >= 11 is 0. The molecule has 0 saturated heterocycles. The summed E-state index contributed by atoms with van der Waals surface area (Å²) in [6.07, 6.45) is 11.7. The van der Waals surface area contributed by atoms with Gasteiger partial charge in [-0.1, -0.05) is 38.0 Å². The van der Waals surface area contributed by atoms with Crippen molar-refractivity contribution >= 4 is 0 Å². The molecule has 1 heteroatoms. The van der Waals surface area contributed by atoms with Crippen LogP contribution in [0.3, 0.4) is 0 Å². The first kappa shape index (κ1) is 12.6. The molecular formula is C13H18O. The fraction of sp³-hybridized carbons (Fsp3) is 0.385. The average Bonchev–Trinajstić information content (AvgIpc) is 2.29. The summed E-state index contributed by atoms with van der Waals surface area (Å²) in [6.45, 7) is 3.04. The predicted molar refractivity (Wildman–Crippen MR) is 61.4 cm³/mol. The van der Waals surface area contributed by atoms with Gasteiger partial charge in [-0.25, -0.2) is 0 Å². The van der Waals surface area contributed by atoms with E-state index in [4.69, 9.17) is 4.74 Å². The second-order valence-electron chi connectivity index (χ2n) is 2.87. The largest absolute Gasteiger partial charge is 0.494 e. The minimum atomic E-state index is 0.845. The molecule has 76 valence electrons. The molecule has 1 aromatic rings. The molecule has 0 spiro atoms. The summed E-state index contributed by atoms with van der Waals surface area (Å²) in [7, 11) is 0. The van der Waals surface area contributed by atoms with E-state index in [0.29, 0.717) is 0 Å². The van der Waals surface area contributed by atoms with Crippen molar-refractivity contribution in [3.05, 3.63) is 30.3 Å². The molecule has 1 nitrogen and oxygen atoms in total. The van der Waals surface area contributed by atoms with Crippen molar-refractivity contribution < 1.29 is 4.74 Å². The van der Waals surface area contributed by atoms with E-state index in [1.165, 1.54) is 12.8 Å². The van der Waals surface area contributed by atoms with Crippen molar-refractivity contribution in [1.82, 2.24) is 0 Å². The molecule has 0 amide bonds. The van der Waals surface area contributed by atoms with E-state index in [1.54, 1.807) is 0 Å². The van der Waals surface area contributed by atoms with Gasteiger partial charge in [0, 0.05) is 0 Å². The van der Waals surface area contributed by atoms with E-state index in [9.17, 15) is 0 Å². The van der Waals surface area contributed by atoms with Crippen LogP contribution >= 0.6 is 0 Å². The van der Waals surface area contributed by atoms with Crippen molar-refractivity contribution in [3.63, 3.8) is 0 Å². The summed E-state index contributed by atoms with van der Waals surface area (Å²) in [4.78, 5) is 0. The van der Waals surface area contributed by atoms with Gasteiger partial charge in [-0.3, -0.25) is 0 Å². The van der Waals surface area contributed by atoms with E-state index in [1.807, 2.05) is 30.3 Å². The number of hydrogen-bond donors (Lipinski definition) is 0. The first-order chi connectivity index (χ1) is 6.93. The summed E-state index contributed by atoms with van der Waals surface area (Å²) in [5.41, 5.74) is 0. The molecule has 1 aromatic carbocycles. The summed E-state index contributed by atoms with van der Waals surface area (Å²) < 4.78 is 5.51. The summed E-state index contributed by atoms with van der Waals surface area (Å²) in [5.74, 6) is 0.980. The highest BCUT2D eigenvalue weighted by Gasteiger charge is 1.89. The lowest BCUT2D eigenvalue weighted by atomic mass is 10.3. The highest BCUT2D eigenvalue weighted by atomic mass is 16.5. The quantitative estimate of drug-likeness (QED) is 0.510. The highest BCUT2D eigenvalue weighted by Crippen LogP contribution is 2.08. The second-order valence-corrected chi connectivity index (χ2v) is 2.87. The molecule has 0 heterocycles. The van der Waals surface area contributed by atoms with Gasteiger partial charge in [0.1, 0.15) is 5.75 Å². The lowest BCUT2D eigenvalue weighted by molar-refractivity contribution is 0.306. The number of unbranched alkanes of at least 4 members (excludes halogenated alkanes) is 2. The standard InChI is InChI=1S/C11H16O.C2H2/c1-2-3-7-10-12-11-8-5-4-6-9-11;1-2/h4-6,8-9H,2-3,7,10H2,1H3;1-2H. The third-order valence-electron chi connectivity index (χ3n) is 1.76. The first-order valence-electron chi connectivity index (χ1n) is 4.94. The Labute approximate surface area is 87.1 Å². The van der Waals surface area contributed by atoms with Gasteiger partial charge in [-0.2, -0.15) is 0 Å². The van der Waals surface area contributed by atoms with Crippen LogP contribution in [0.1, 0.15) is 26.2 Å². The number of terminal acetylenes is 1. The molecular weight excluding hydrogens is 172 g/mol. The van der Waals surface area contributed by atoms with Crippen LogP contribution < -0.4 is 4.74 Å². The normalized spacial score (nSPS) is 8.50. The van der Waals surface area contributed by atoms with Gasteiger partial charge in [0.15, 0.2) is 0 Å². The molecule has 0 aliphatic rings. The van der Waals surface area contributed by atoms with Gasteiger partial charge >= 0.3 is 0 Å². The van der Waals surface area contributed by atoms with Crippen LogP contribution in [0.4, 0.5) is 0 Å². The third-order valence-corrected chi connectivity index (χ3v) is 1.76. The van der Waals surface area contributed by atoms with Crippen molar-refractivity contribution in [1.29, 1.82) is 0 Å². The Morgan fingerprint density at radius 3 is 2.29 bits per heavy atom. The Morgan fingerprint density at radius 1 is 1.07 bits per heavy atom. The van der Waals surface area contributed by atoms with Crippen LogP contribution in [-0.4, -0.2) is 6.61 Å². The van der Waals surface area contributed by atoms with E-state index in [2.05, 4.69) is 19.8 Å². The zero-order valence-corrected chi connectivity index (χ0v) is 8.78. The van der Waals surface area contributed by atoms with Gasteiger partial charge < -0.3 is 4.74 Å². The van der Waals surface area contributed by atoms with Gasteiger partial charge in [-0.05, 0) is 18.6 Å². The van der Waals surface area contributed by atoms with Crippen molar-refractivity contribution in [3.8, 4) is 18.6 Å². The number of benzene rings is 1. The fourth-order valence-corrected chi connectivity index (χ4v) is 1.06. The third kappa shape index (κ3) is 6.14. The maximum absolute atomic E-state index is 5.51. The minimum Gasteiger partial charge on any atom is -0.494 e. The van der Waals surface area contributed by atoms with Crippen LogP contribution in [0.5, 0.6) is 5.75 Å². The van der Waals surface area contributed by atoms with Crippen LogP contribution in [0.15, 0.2) is 30.3 Å². The average molecular weight is 190 g/mol. The second kappa shape index (κ2) is 9.67. The molecule has 0 N–H and O–H groups in total. The molecule has 0 unspecified atom stereocenters. The maximum atomic E-state index is 5.51. The van der Waals surface area contributed by atoms with Crippen molar-refractivity contribution in [2.45, 2.75) is 26.2 Å². The van der Waals surface area contributed by atoms with Gasteiger partial charge in [-0.15, -0.1) is 12.8 Å². The number of hydrogen-bond acceptors (Lipinski definition) is 1. The van der Waals surface area contributed by atoms with Crippen LogP contribution in [0, 0.1) is 12.8 Å². The Kier molecular flexibility index (Phi) is 8.69. The Morgan fingerprint density at radius 2 is 1.71 bits per heavy atom. The summed E-state index contributed by atoms with van der Waals surface area (Å²) in [5, 5.41) is 0. The SMILES string of the molecule is C#C.CCCCCOc1ccccc1. The molecule has 0 saturated carbocycles. The molecule has 1 rings (SSSR count). The van der Waals surface area contributed by atoms with Crippen molar-refractivity contribution in [2.75, 3.05) is 6.61 Å².